The highest BCUT2D eigenvalue weighted by atomic mass is 16.2. The van der Waals surface area contributed by atoms with Crippen LogP contribution in [0.5, 0.6) is 0 Å². The van der Waals surface area contributed by atoms with E-state index in [0.717, 1.165) is 39.0 Å². The zero-order valence-electron chi connectivity index (χ0n) is 8.75. The maximum Gasteiger partial charge on any atom is 0.227 e. The first-order valence-corrected chi connectivity index (χ1v) is 5.36. The van der Waals surface area contributed by atoms with Crippen molar-refractivity contribution in [1.82, 2.24) is 10.2 Å². The molecule has 4 nitrogen and oxygen atoms in total. The van der Waals surface area contributed by atoms with Gasteiger partial charge in [0.25, 0.3) is 0 Å². The van der Waals surface area contributed by atoms with Crippen molar-refractivity contribution in [3.8, 4) is 0 Å². The molecule has 1 unspecified atom stereocenters. The van der Waals surface area contributed by atoms with Crippen molar-refractivity contribution in [2.75, 3.05) is 26.2 Å². The van der Waals surface area contributed by atoms with Crippen molar-refractivity contribution in [3.63, 3.8) is 0 Å². The molecule has 14 heavy (non-hydrogen) atoms. The average Bonchev–Trinajstić information content (AvgIpc) is 2.62. The van der Waals surface area contributed by atoms with E-state index < -0.39 is 0 Å². The van der Waals surface area contributed by atoms with Gasteiger partial charge in [0.1, 0.15) is 0 Å². The number of likely N-dealkylation sites (tertiary alicyclic amines) is 1. The normalized spacial score (nSPS) is 39.0. The lowest BCUT2D eigenvalue weighted by atomic mass is 9.88. The minimum absolute atomic E-state index is 0.177. The smallest absolute Gasteiger partial charge is 0.227 e. The van der Waals surface area contributed by atoms with Gasteiger partial charge < -0.3 is 16.0 Å². The molecule has 0 aromatic heterocycles. The number of nitrogens with one attached hydrogen (secondary N) is 1. The van der Waals surface area contributed by atoms with E-state index in [1.807, 2.05) is 0 Å². The molecule has 3 N–H and O–H groups in total. The predicted octanol–water partition coefficient (Wildman–Crippen LogP) is -0.454. The maximum atomic E-state index is 11.6. The van der Waals surface area contributed by atoms with E-state index in [4.69, 9.17) is 5.73 Å². The molecule has 1 amide bonds. The third kappa shape index (κ3) is 1.77. The first-order chi connectivity index (χ1) is 6.60. The van der Waals surface area contributed by atoms with E-state index in [2.05, 4.69) is 17.1 Å². The first kappa shape index (κ1) is 9.93. The first-order valence-electron chi connectivity index (χ1n) is 5.36. The van der Waals surface area contributed by atoms with Crippen LogP contribution in [0, 0.1) is 5.41 Å². The van der Waals surface area contributed by atoms with Crippen molar-refractivity contribution in [3.05, 3.63) is 0 Å². The average molecular weight is 197 g/mol. The third-order valence-electron chi connectivity index (χ3n) is 3.39. The molecular weight excluding hydrogens is 178 g/mol. The van der Waals surface area contributed by atoms with Gasteiger partial charge >= 0.3 is 0 Å². The van der Waals surface area contributed by atoms with Gasteiger partial charge in [-0.25, -0.2) is 0 Å². The quantitative estimate of drug-likeness (QED) is 0.630. The lowest BCUT2D eigenvalue weighted by Crippen LogP contribution is -2.40. The molecular formula is C10H19N3O. The second-order valence-electron chi connectivity index (χ2n) is 4.85. The standard InChI is InChI=1S/C10H19N3O/c1-10(3-4-12-9(10)14)7-13-5-2-8(11)6-13/h8H,2-7,11H2,1H3,(H,12,14)/t8-,10?/m1/s1. The summed E-state index contributed by atoms with van der Waals surface area (Å²) >= 11 is 0. The number of hydrogen-bond acceptors (Lipinski definition) is 3. The summed E-state index contributed by atoms with van der Waals surface area (Å²) < 4.78 is 0. The van der Waals surface area contributed by atoms with Gasteiger partial charge in [-0.3, -0.25) is 4.79 Å². The number of nitrogens with two attached hydrogens (primary N) is 1. The number of nitrogens with zero attached hydrogens (tertiary/aromatic N) is 1. The van der Waals surface area contributed by atoms with E-state index in [9.17, 15) is 4.79 Å². The molecule has 4 heteroatoms. The van der Waals surface area contributed by atoms with Crippen LogP contribution in [-0.4, -0.2) is 43.0 Å². The monoisotopic (exact) mass is 197 g/mol. The SMILES string of the molecule is CC1(CN2CC[C@@H](N)C2)CCNC1=O. The summed E-state index contributed by atoms with van der Waals surface area (Å²) in [4.78, 5) is 13.9. The fourth-order valence-electron chi connectivity index (χ4n) is 2.43. The number of rotatable bonds is 2. The van der Waals surface area contributed by atoms with Gasteiger partial charge in [0, 0.05) is 25.7 Å². The summed E-state index contributed by atoms with van der Waals surface area (Å²) in [5, 5.41) is 2.90. The molecule has 2 atom stereocenters. The van der Waals surface area contributed by atoms with Crippen molar-refractivity contribution in [2.24, 2.45) is 11.1 Å². The van der Waals surface area contributed by atoms with Crippen LogP contribution in [0.4, 0.5) is 0 Å². The summed E-state index contributed by atoms with van der Waals surface area (Å²) in [6.45, 7) is 5.74. The Balaban J connectivity index is 1.93. The molecule has 0 bridgehead atoms. The topological polar surface area (TPSA) is 58.4 Å². The van der Waals surface area contributed by atoms with E-state index in [1.165, 1.54) is 0 Å². The molecule has 2 fully saturated rings. The van der Waals surface area contributed by atoms with Gasteiger partial charge in [-0.15, -0.1) is 0 Å². The Morgan fingerprint density at radius 3 is 3.00 bits per heavy atom. The van der Waals surface area contributed by atoms with E-state index in [1.54, 1.807) is 0 Å². The largest absolute Gasteiger partial charge is 0.356 e. The summed E-state index contributed by atoms with van der Waals surface area (Å²) in [5.74, 6) is 0.206. The fourth-order valence-corrected chi connectivity index (χ4v) is 2.43. The molecule has 2 aliphatic heterocycles. The molecule has 0 aromatic carbocycles. The van der Waals surface area contributed by atoms with Gasteiger partial charge in [-0.1, -0.05) is 0 Å². The Kier molecular flexibility index (Phi) is 2.49. The van der Waals surface area contributed by atoms with Crippen molar-refractivity contribution < 1.29 is 4.79 Å². The second-order valence-corrected chi connectivity index (χ2v) is 4.85. The minimum Gasteiger partial charge on any atom is -0.356 e. The Bertz CT molecular complexity index is 244. The number of hydrogen-bond donors (Lipinski definition) is 2. The van der Waals surface area contributed by atoms with Crippen LogP contribution in [0.15, 0.2) is 0 Å². The van der Waals surface area contributed by atoms with E-state index in [0.29, 0.717) is 6.04 Å². The lowest BCUT2D eigenvalue weighted by molar-refractivity contribution is -0.127. The molecule has 2 aliphatic rings. The summed E-state index contributed by atoms with van der Waals surface area (Å²) in [6.07, 6.45) is 2.02. The van der Waals surface area contributed by atoms with Crippen molar-refractivity contribution in [1.29, 1.82) is 0 Å². The van der Waals surface area contributed by atoms with Crippen LogP contribution in [0.25, 0.3) is 0 Å². The summed E-state index contributed by atoms with van der Waals surface area (Å²) in [7, 11) is 0. The minimum atomic E-state index is -0.177. The summed E-state index contributed by atoms with van der Waals surface area (Å²) in [5.41, 5.74) is 5.66. The van der Waals surface area contributed by atoms with Crippen LogP contribution >= 0.6 is 0 Å². The zero-order valence-corrected chi connectivity index (χ0v) is 8.75. The second kappa shape index (κ2) is 3.51. The molecule has 0 spiro atoms. The van der Waals surface area contributed by atoms with Gasteiger partial charge in [0.15, 0.2) is 0 Å². The maximum absolute atomic E-state index is 11.6. The Hall–Kier alpha value is -0.610. The molecule has 2 saturated heterocycles. The van der Waals surface area contributed by atoms with Gasteiger partial charge in [-0.05, 0) is 26.3 Å². The third-order valence-corrected chi connectivity index (χ3v) is 3.39. The zero-order chi connectivity index (χ0) is 10.2. The number of amides is 1. The number of carbonyl (C=O) groups excluding carboxylic acids is 1. The van der Waals surface area contributed by atoms with Crippen LogP contribution in [-0.2, 0) is 4.79 Å². The van der Waals surface area contributed by atoms with Gasteiger partial charge in [0.05, 0.1) is 5.41 Å². The van der Waals surface area contributed by atoms with Gasteiger partial charge in [-0.2, -0.15) is 0 Å². The van der Waals surface area contributed by atoms with Crippen LogP contribution in [0.3, 0.4) is 0 Å². The summed E-state index contributed by atoms with van der Waals surface area (Å²) in [6, 6.07) is 0.308. The molecule has 0 aromatic rings. The predicted molar refractivity (Wildman–Crippen MR) is 54.8 cm³/mol. The Morgan fingerprint density at radius 1 is 1.71 bits per heavy atom. The molecule has 0 radical (unpaired) electrons. The van der Waals surface area contributed by atoms with Gasteiger partial charge in [0.2, 0.25) is 5.91 Å². The van der Waals surface area contributed by atoms with E-state index >= 15 is 0 Å². The Labute approximate surface area is 84.8 Å². The molecule has 80 valence electrons. The molecule has 0 saturated carbocycles. The highest BCUT2D eigenvalue weighted by Crippen LogP contribution is 2.28. The van der Waals surface area contributed by atoms with Crippen LogP contribution in [0.2, 0.25) is 0 Å². The molecule has 2 heterocycles. The van der Waals surface area contributed by atoms with Crippen molar-refractivity contribution >= 4 is 5.91 Å². The Morgan fingerprint density at radius 2 is 2.50 bits per heavy atom. The lowest BCUT2D eigenvalue weighted by Gasteiger charge is -2.26. The molecule has 0 aliphatic carbocycles. The van der Waals surface area contributed by atoms with Crippen molar-refractivity contribution in [2.45, 2.75) is 25.8 Å². The van der Waals surface area contributed by atoms with Crippen LogP contribution in [0.1, 0.15) is 19.8 Å². The highest BCUT2D eigenvalue weighted by Gasteiger charge is 2.39. The van der Waals surface area contributed by atoms with E-state index in [-0.39, 0.29) is 11.3 Å². The molecule has 2 rings (SSSR count). The fraction of sp³-hybridized carbons (Fsp3) is 0.900. The van der Waals surface area contributed by atoms with Crippen LogP contribution < -0.4 is 11.1 Å². The number of carbonyl (C=O) groups is 1. The highest BCUT2D eigenvalue weighted by molar-refractivity contribution is 5.84.